The third-order valence-electron chi connectivity index (χ3n) is 3.85. The van der Waals surface area contributed by atoms with Crippen molar-refractivity contribution in [1.82, 2.24) is 15.0 Å². The summed E-state index contributed by atoms with van der Waals surface area (Å²) in [4.78, 5) is 13.1. The van der Waals surface area contributed by atoms with Crippen LogP contribution < -0.4 is 5.32 Å². The molecule has 0 atom stereocenters. The minimum atomic E-state index is -0.294. The van der Waals surface area contributed by atoms with E-state index >= 15 is 0 Å². The first kappa shape index (κ1) is 15.7. The number of halogens is 1. The molecule has 0 bridgehead atoms. The van der Waals surface area contributed by atoms with E-state index in [1.165, 1.54) is 18.5 Å². The van der Waals surface area contributed by atoms with E-state index in [2.05, 4.69) is 37.8 Å². The first-order valence-corrected chi connectivity index (χ1v) is 8.81. The van der Waals surface area contributed by atoms with Gasteiger partial charge in [-0.15, -0.1) is 11.3 Å². The highest BCUT2D eigenvalue weighted by Gasteiger charge is 2.07. The predicted octanol–water partition coefficient (Wildman–Crippen LogP) is 4.55. The molecule has 4 rings (SSSR count). The maximum atomic E-state index is 13.5. The molecule has 25 heavy (non-hydrogen) atoms. The maximum Gasteiger partial charge on any atom is 0.137 e. The van der Waals surface area contributed by atoms with Gasteiger partial charge in [0.05, 0.1) is 16.2 Å². The average molecular weight is 350 g/mol. The summed E-state index contributed by atoms with van der Waals surface area (Å²) in [6.07, 6.45) is 2.26. The third kappa shape index (κ3) is 3.49. The molecule has 1 N–H and O–H groups in total. The Morgan fingerprint density at radius 3 is 2.80 bits per heavy atom. The summed E-state index contributed by atoms with van der Waals surface area (Å²) >= 11 is 1.64. The van der Waals surface area contributed by atoms with E-state index in [-0.39, 0.29) is 5.82 Å². The van der Waals surface area contributed by atoms with Crippen LogP contribution in [0.25, 0.3) is 22.2 Å². The molecule has 0 fully saturated rings. The summed E-state index contributed by atoms with van der Waals surface area (Å²) in [5.74, 6) is 0.349. The van der Waals surface area contributed by atoms with Gasteiger partial charge in [0.25, 0.3) is 0 Å². The van der Waals surface area contributed by atoms with E-state index < -0.39 is 0 Å². The van der Waals surface area contributed by atoms with Gasteiger partial charge in [-0.3, -0.25) is 0 Å². The summed E-state index contributed by atoms with van der Waals surface area (Å²) in [6.45, 7) is 0.671. The molecule has 124 valence electrons. The lowest BCUT2D eigenvalue weighted by Crippen LogP contribution is -2.07. The molecule has 2 heterocycles. The molecule has 2 aromatic carbocycles. The fourth-order valence-electron chi connectivity index (χ4n) is 2.62. The molecule has 2 aromatic heterocycles. The van der Waals surface area contributed by atoms with Gasteiger partial charge in [-0.25, -0.2) is 19.3 Å². The zero-order valence-corrected chi connectivity index (χ0v) is 14.1. The molecule has 0 aliphatic heterocycles. The minimum Gasteiger partial charge on any atom is -0.369 e. The maximum absolute atomic E-state index is 13.5. The van der Waals surface area contributed by atoms with Gasteiger partial charge in [-0.2, -0.15) is 0 Å². The van der Waals surface area contributed by atoms with Crippen molar-refractivity contribution in [3.05, 3.63) is 71.1 Å². The lowest BCUT2D eigenvalue weighted by atomic mass is 10.2. The SMILES string of the molecule is Fc1ccc2ncnc(NCCc3nc(-c4ccccc4)cs3)c2c1. The number of rotatable bonds is 5. The molecule has 0 aliphatic rings. The van der Waals surface area contributed by atoms with Crippen LogP contribution in [0.5, 0.6) is 0 Å². The van der Waals surface area contributed by atoms with Crippen LogP contribution in [0.3, 0.4) is 0 Å². The van der Waals surface area contributed by atoms with Gasteiger partial charge in [0.1, 0.15) is 18.0 Å². The van der Waals surface area contributed by atoms with Crippen LogP contribution >= 0.6 is 11.3 Å². The quantitative estimate of drug-likeness (QED) is 0.574. The van der Waals surface area contributed by atoms with E-state index in [0.29, 0.717) is 17.7 Å². The Morgan fingerprint density at radius 2 is 1.92 bits per heavy atom. The zero-order chi connectivity index (χ0) is 17.1. The van der Waals surface area contributed by atoms with Crippen molar-refractivity contribution >= 4 is 28.1 Å². The van der Waals surface area contributed by atoms with E-state index in [1.54, 1.807) is 17.4 Å². The van der Waals surface area contributed by atoms with Crippen molar-refractivity contribution in [3.8, 4) is 11.3 Å². The molecule has 0 saturated carbocycles. The van der Waals surface area contributed by atoms with Crippen molar-refractivity contribution in [2.75, 3.05) is 11.9 Å². The van der Waals surface area contributed by atoms with Crippen molar-refractivity contribution in [3.63, 3.8) is 0 Å². The van der Waals surface area contributed by atoms with Crippen molar-refractivity contribution in [1.29, 1.82) is 0 Å². The Kier molecular flexibility index (Phi) is 4.35. The number of benzene rings is 2. The molecular weight excluding hydrogens is 335 g/mol. The number of hydrogen-bond acceptors (Lipinski definition) is 5. The molecule has 6 heteroatoms. The fraction of sp³-hybridized carbons (Fsp3) is 0.105. The molecule has 0 aliphatic carbocycles. The van der Waals surface area contributed by atoms with E-state index in [1.807, 2.05) is 18.2 Å². The van der Waals surface area contributed by atoms with Crippen LogP contribution in [0.4, 0.5) is 10.2 Å². The molecule has 0 spiro atoms. The first-order valence-electron chi connectivity index (χ1n) is 7.93. The number of hydrogen-bond donors (Lipinski definition) is 1. The second-order valence-corrected chi connectivity index (χ2v) is 6.50. The number of aromatic nitrogens is 3. The van der Waals surface area contributed by atoms with Gasteiger partial charge in [0.2, 0.25) is 0 Å². The lowest BCUT2D eigenvalue weighted by molar-refractivity contribution is 0.629. The topological polar surface area (TPSA) is 50.7 Å². The summed E-state index contributed by atoms with van der Waals surface area (Å²) in [5, 5.41) is 7.07. The largest absolute Gasteiger partial charge is 0.369 e. The monoisotopic (exact) mass is 350 g/mol. The fourth-order valence-corrected chi connectivity index (χ4v) is 3.43. The highest BCUT2D eigenvalue weighted by Crippen LogP contribution is 2.23. The Bertz CT molecular complexity index is 1000. The van der Waals surface area contributed by atoms with Crippen molar-refractivity contribution in [2.45, 2.75) is 6.42 Å². The van der Waals surface area contributed by atoms with Crippen LogP contribution in [0, 0.1) is 5.82 Å². The molecule has 0 saturated heterocycles. The summed E-state index contributed by atoms with van der Waals surface area (Å²) in [7, 11) is 0. The minimum absolute atomic E-state index is 0.294. The smallest absolute Gasteiger partial charge is 0.137 e. The standard InChI is InChI=1S/C19H15FN4S/c20-14-6-7-16-15(10-14)19(23-12-22-16)21-9-8-18-24-17(11-25-18)13-4-2-1-3-5-13/h1-7,10-12H,8-9H2,(H,21,22,23). The highest BCUT2D eigenvalue weighted by atomic mass is 32.1. The normalized spacial score (nSPS) is 10.9. The molecular formula is C19H15FN4S. The summed E-state index contributed by atoms with van der Waals surface area (Å²) < 4.78 is 13.5. The number of thiazole rings is 1. The van der Waals surface area contributed by atoms with Gasteiger partial charge >= 0.3 is 0 Å². The molecule has 0 amide bonds. The highest BCUT2D eigenvalue weighted by molar-refractivity contribution is 7.09. The Labute approximate surface area is 148 Å². The van der Waals surface area contributed by atoms with E-state index in [4.69, 9.17) is 0 Å². The zero-order valence-electron chi connectivity index (χ0n) is 13.3. The Balaban J connectivity index is 1.45. The van der Waals surface area contributed by atoms with Crippen molar-refractivity contribution in [2.24, 2.45) is 0 Å². The second-order valence-electron chi connectivity index (χ2n) is 5.55. The van der Waals surface area contributed by atoms with Crippen molar-refractivity contribution < 1.29 is 4.39 Å². The Morgan fingerprint density at radius 1 is 1.04 bits per heavy atom. The molecule has 0 unspecified atom stereocenters. The number of nitrogens with zero attached hydrogens (tertiary/aromatic N) is 3. The molecule has 0 radical (unpaired) electrons. The summed E-state index contributed by atoms with van der Waals surface area (Å²) in [6, 6.07) is 14.6. The van der Waals surface area contributed by atoms with E-state index in [0.717, 1.165) is 28.2 Å². The molecule has 4 nitrogen and oxygen atoms in total. The van der Waals surface area contributed by atoms with Crippen LogP contribution in [0.15, 0.2) is 60.2 Å². The van der Waals surface area contributed by atoms with Gasteiger partial charge in [0, 0.05) is 29.3 Å². The first-order chi connectivity index (χ1) is 12.3. The van der Waals surface area contributed by atoms with Gasteiger partial charge in [-0.05, 0) is 18.2 Å². The third-order valence-corrected chi connectivity index (χ3v) is 4.76. The summed E-state index contributed by atoms with van der Waals surface area (Å²) in [5.41, 5.74) is 2.84. The van der Waals surface area contributed by atoms with Gasteiger partial charge in [0.15, 0.2) is 0 Å². The lowest BCUT2D eigenvalue weighted by Gasteiger charge is -2.07. The van der Waals surface area contributed by atoms with Crippen LogP contribution in [0.2, 0.25) is 0 Å². The Hall–Kier alpha value is -2.86. The second kappa shape index (κ2) is 6.94. The van der Waals surface area contributed by atoms with E-state index in [9.17, 15) is 4.39 Å². The molecule has 4 aromatic rings. The number of anilines is 1. The number of fused-ring (bicyclic) bond motifs is 1. The van der Waals surface area contributed by atoms with Crippen LogP contribution in [-0.4, -0.2) is 21.5 Å². The van der Waals surface area contributed by atoms with Crippen LogP contribution in [-0.2, 0) is 6.42 Å². The number of nitrogens with one attached hydrogen (secondary N) is 1. The van der Waals surface area contributed by atoms with Crippen LogP contribution in [0.1, 0.15) is 5.01 Å². The van der Waals surface area contributed by atoms with Gasteiger partial charge in [-0.1, -0.05) is 30.3 Å². The average Bonchev–Trinajstić information content (AvgIpc) is 3.12. The predicted molar refractivity (Wildman–Crippen MR) is 99.2 cm³/mol. The van der Waals surface area contributed by atoms with Gasteiger partial charge < -0.3 is 5.32 Å².